The maximum absolute atomic E-state index is 12.7. The monoisotopic (exact) mass is 225 g/mol. The number of benzene rings is 1. The van der Waals surface area contributed by atoms with E-state index in [0.29, 0.717) is 18.0 Å². The van der Waals surface area contributed by atoms with Crippen molar-refractivity contribution >= 4 is 17.2 Å². The van der Waals surface area contributed by atoms with Gasteiger partial charge in [0.15, 0.2) is 11.3 Å². The summed E-state index contributed by atoms with van der Waals surface area (Å²) in [6.07, 6.45) is 0.819. The molecule has 0 saturated heterocycles. The lowest BCUT2D eigenvalue weighted by Gasteiger charge is -2.06. The van der Waals surface area contributed by atoms with Gasteiger partial charge in [-0.15, -0.1) is 0 Å². The topological polar surface area (TPSA) is 46.3 Å². The number of allylic oxidation sites excluding steroid dienone is 1. The van der Waals surface area contributed by atoms with Gasteiger partial charge in [-0.25, -0.2) is 4.98 Å². The molecule has 2 aromatic rings. The first-order valence-electron chi connectivity index (χ1n) is 4.61. The molecule has 2 rings (SSSR count). The first kappa shape index (κ1) is 10.6. The summed E-state index contributed by atoms with van der Waals surface area (Å²) >= 11 is 0. The maximum Gasteiger partial charge on any atom is 0.301 e. The second kappa shape index (κ2) is 3.59. The Labute approximate surface area is 90.0 Å². The van der Waals surface area contributed by atoms with E-state index in [4.69, 9.17) is 9.52 Å². The molecule has 1 heterocycles. The number of aliphatic hydroxyl groups is 1. The quantitative estimate of drug-likeness (QED) is 0.797. The molecule has 5 heteroatoms. The molecular weight excluding hydrogens is 216 g/mol. The van der Waals surface area contributed by atoms with Crippen LogP contribution in [0.1, 0.15) is 12.8 Å². The maximum atomic E-state index is 12.7. The second-order valence-corrected chi connectivity index (χ2v) is 3.44. The molecule has 0 radical (unpaired) electrons. The standard InChI is InChI=1S/C11H9F2NO2/c1-11(12,13)9(15)6-10-14-7-4-2-3-5-8(7)16-10/h2-6,15H,1H3. The molecule has 0 aliphatic heterocycles. The molecule has 0 atom stereocenters. The summed E-state index contributed by atoms with van der Waals surface area (Å²) in [7, 11) is 0. The van der Waals surface area contributed by atoms with Crippen LogP contribution in [0.2, 0.25) is 0 Å². The van der Waals surface area contributed by atoms with Crippen molar-refractivity contribution in [2.75, 3.05) is 0 Å². The van der Waals surface area contributed by atoms with E-state index in [1.54, 1.807) is 24.3 Å². The van der Waals surface area contributed by atoms with Crippen LogP contribution < -0.4 is 0 Å². The Kier molecular flexibility index (Phi) is 2.38. The van der Waals surface area contributed by atoms with Gasteiger partial charge >= 0.3 is 5.92 Å². The molecule has 84 valence electrons. The van der Waals surface area contributed by atoms with Gasteiger partial charge in [-0.1, -0.05) is 12.1 Å². The van der Waals surface area contributed by atoms with Crippen molar-refractivity contribution in [2.24, 2.45) is 0 Å². The Balaban J connectivity index is 2.42. The molecule has 0 unspecified atom stereocenters. The lowest BCUT2D eigenvalue weighted by molar-refractivity contribution is 0.0206. The number of para-hydroxylation sites is 2. The van der Waals surface area contributed by atoms with E-state index in [1.165, 1.54) is 0 Å². The van der Waals surface area contributed by atoms with E-state index < -0.39 is 11.7 Å². The number of halogens is 2. The van der Waals surface area contributed by atoms with Crippen molar-refractivity contribution < 1.29 is 18.3 Å². The molecule has 0 spiro atoms. The summed E-state index contributed by atoms with van der Waals surface area (Å²) in [5.41, 5.74) is 1.04. The van der Waals surface area contributed by atoms with Crippen molar-refractivity contribution in [3.05, 3.63) is 35.9 Å². The highest BCUT2D eigenvalue weighted by Gasteiger charge is 2.27. The normalized spacial score (nSPS) is 13.3. The number of hydrogen-bond acceptors (Lipinski definition) is 3. The molecule has 1 N–H and O–H groups in total. The van der Waals surface area contributed by atoms with Crippen molar-refractivity contribution in [1.29, 1.82) is 0 Å². The summed E-state index contributed by atoms with van der Waals surface area (Å²) in [5, 5.41) is 9.08. The van der Waals surface area contributed by atoms with Crippen LogP contribution in [0.3, 0.4) is 0 Å². The summed E-state index contributed by atoms with van der Waals surface area (Å²) in [6, 6.07) is 6.86. The third-order valence-electron chi connectivity index (χ3n) is 2.02. The highest BCUT2D eigenvalue weighted by molar-refractivity contribution is 5.73. The number of hydrogen-bond donors (Lipinski definition) is 1. The third kappa shape index (κ3) is 2.03. The van der Waals surface area contributed by atoms with Crippen LogP contribution in [0.15, 0.2) is 34.4 Å². The smallest absolute Gasteiger partial charge is 0.301 e. The van der Waals surface area contributed by atoms with Crippen molar-refractivity contribution in [2.45, 2.75) is 12.8 Å². The first-order valence-corrected chi connectivity index (χ1v) is 4.61. The van der Waals surface area contributed by atoms with E-state index >= 15 is 0 Å². The fourth-order valence-electron chi connectivity index (χ4n) is 1.20. The van der Waals surface area contributed by atoms with Gasteiger partial charge in [0.2, 0.25) is 5.89 Å². The Morgan fingerprint density at radius 3 is 2.75 bits per heavy atom. The largest absolute Gasteiger partial charge is 0.506 e. The van der Waals surface area contributed by atoms with E-state index in [9.17, 15) is 8.78 Å². The molecule has 1 aromatic carbocycles. The van der Waals surface area contributed by atoms with Gasteiger partial charge in [0.05, 0.1) is 0 Å². The van der Waals surface area contributed by atoms with Gasteiger partial charge in [0.25, 0.3) is 0 Å². The zero-order chi connectivity index (χ0) is 11.8. The highest BCUT2D eigenvalue weighted by atomic mass is 19.3. The van der Waals surface area contributed by atoms with E-state index in [0.717, 1.165) is 6.08 Å². The van der Waals surface area contributed by atoms with E-state index in [2.05, 4.69) is 4.98 Å². The molecule has 3 nitrogen and oxygen atoms in total. The predicted molar refractivity (Wildman–Crippen MR) is 55.2 cm³/mol. The Morgan fingerprint density at radius 2 is 2.12 bits per heavy atom. The minimum absolute atomic E-state index is 0.0415. The van der Waals surface area contributed by atoms with Gasteiger partial charge in [-0.3, -0.25) is 0 Å². The molecule has 0 saturated carbocycles. The first-order chi connectivity index (χ1) is 7.47. The molecule has 1 aromatic heterocycles. The SMILES string of the molecule is CC(F)(F)C(O)=Cc1nc2ccccc2o1. The molecule has 0 amide bonds. The predicted octanol–water partition coefficient (Wildman–Crippen LogP) is 3.38. The lowest BCUT2D eigenvalue weighted by atomic mass is 10.3. The van der Waals surface area contributed by atoms with Crippen molar-refractivity contribution in [1.82, 2.24) is 4.98 Å². The van der Waals surface area contributed by atoms with Crippen molar-refractivity contribution in [3.8, 4) is 0 Å². The van der Waals surface area contributed by atoms with Crippen LogP contribution >= 0.6 is 0 Å². The summed E-state index contributed by atoms with van der Waals surface area (Å²) < 4.78 is 30.5. The summed E-state index contributed by atoms with van der Waals surface area (Å²) in [6.45, 7) is 0.599. The number of alkyl halides is 2. The van der Waals surface area contributed by atoms with Crippen LogP contribution in [0.4, 0.5) is 8.78 Å². The van der Waals surface area contributed by atoms with Gasteiger partial charge in [0, 0.05) is 13.0 Å². The fourth-order valence-corrected chi connectivity index (χ4v) is 1.20. The van der Waals surface area contributed by atoms with Crippen LogP contribution in [0.5, 0.6) is 0 Å². The van der Waals surface area contributed by atoms with Crippen LogP contribution in [0, 0.1) is 0 Å². The number of rotatable bonds is 2. The fraction of sp³-hybridized carbons (Fsp3) is 0.182. The van der Waals surface area contributed by atoms with E-state index in [-0.39, 0.29) is 5.89 Å². The van der Waals surface area contributed by atoms with E-state index in [1.807, 2.05) is 0 Å². The average Bonchev–Trinajstić information content (AvgIpc) is 2.58. The molecule has 0 fully saturated rings. The number of nitrogens with zero attached hydrogens (tertiary/aromatic N) is 1. The van der Waals surface area contributed by atoms with Gasteiger partial charge in [-0.2, -0.15) is 8.78 Å². The average molecular weight is 225 g/mol. The number of aromatic nitrogens is 1. The number of aliphatic hydroxyl groups excluding tert-OH is 1. The van der Waals surface area contributed by atoms with Gasteiger partial charge < -0.3 is 9.52 Å². The minimum atomic E-state index is -3.29. The second-order valence-electron chi connectivity index (χ2n) is 3.44. The lowest BCUT2D eigenvalue weighted by Crippen LogP contribution is -2.12. The van der Waals surface area contributed by atoms with Gasteiger partial charge in [0.1, 0.15) is 5.52 Å². The zero-order valence-electron chi connectivity index (χ0n) is 8.45. The third-order valence-corrected chi connectivity index (χ3v) is 2.02. The Bertz CT molecular complexity index is 507. The van der Waals surface area contributed by atoms with Crippen LogP contribution in [-0.2, 0) is 0 Å². The molecular formula is C11H9F2NO2. The number of fused-ring (bicyclic) bond motifs is 1. The minimum Gasteiger partial charge on any atom is -0.506 e. The zero-order valence-corrected chi connectivity index (χ0v) is 8.45. The highest BCUT2D eigenvalue weighted by Crippen LogP contribution is 2.24. The van der Waals surface area contributed by atoms with Crippen LogP contribution in [0.25, 0.3) is 17.2 Å². The molecule has 0 aliphatic carbocycles. The molecule has 0 aliphatic rings. The Hall–Kier alpha value is -1.91. The molecule has 16 heavy (non-hydrogen) atoms. The summed E-state index contributed by atoms with van der Waals surface area (Å²) in [4.78, 5) is 3.93. The Morgan fingerprint density at radius 1 is 1.44 bits per heavy atom. The van der Waals surface area contributed by atoms with Gasteiger partial charge in [-0.05, 0) is 12.1 Å². The number of oxazole rings is 1. The molecule has 0 bridgehead atoms. The van der Waals surface area contributed by atoms with Crippen molar-refractivity contribution in [3.63, 3.8) is 0 Å². The summed E-state index contributed by atoms with van der Waals surface area (Å²) in [5.74, 6) is -4.40. The van der Waals surface area contributed by atoms with Crippen LogP contribution in [-0.4, -0.2) is 16.0 Å².